The molecule has 0 amide bonds. The van der Waals surface area contributed by atoms with E-state index >= 15 is 0 Å². The maximum Gasteiger partial charge on any atom is 0.164 e. The van der Waals surface area contributed by atoms with Gasteiger partial charge in [-0.15, -0.1) is 0 Å². The number of aromatic nitrogens is 5. The van der Waals surface area contributed by atoms with E-state index in [1.54, 1.807) is 6.20 Å². The second-order valence-electron chi connectivity index (χ2n) is 11.4. The fraction of sp³-hybridized carbons (Fsp3) is 0.0250. The summed E-state index contributed by atoms with van der Waals surface area (Å²) in [4.78, 5) is 24.3. The largest absolute Gasteiger partial charge is 0.455 e. The summed E-state index contributed by atoms with van der Waals surface area (Å²) in [6, 6.07) is 38.9. The highest BCUT2D eigenvalue weighted by Crippen LogP contribution is 2.33. The summed E-state index contributed by atoms with van der Waals surface area (Å²) < 4.78 is 5.99. The summed E-state index contributed by atoms with van der Waals surface area (Å²) in [5.74, 6) is 1.89. The Morgan fingerprint density at radius 1 is 0.553 bits per heavy atom. The first-order valence-corrected chi connectivity index (χ1v) is 15.5. The zero-order valence-electron chi connectivity index (χ0n) is 25.1. The molecule has 9 rings (SSSR count). The lowest BCUT2D eigenvalue weighted by atomic mass is 9.97. The van der Waals surface area contributed by atoms with Crippen molar-refractivity contribution in [1.82, 2.24) is 30.2 Å². The van der Waals surface area contributed by atoms with Crippen LogP contribution < -0.4 is 16.0 Å². The van der Waals surface area contributed by atoms with Crippen LogP contribution in [0.1, 0.15) is 0 Å². The first kappa shape index (κ1) is 26.9. The van der Waals surface area contributed by atoms with Crippen LogP contribution in [0.25, 0.3) is 90.7 Å². The minimum absolute atomic E-state index is 0.619. The predicted octanol–water partition coefficient (Wildman–Crippen LogP) is 7.02. The molecule has 0 atom stereocenters. The minimum Gasteiger partial charge on any atom is -0.455 e. The Morgan fingerprint density at radius 3 is 1.96 bits per heavy atom. The Bertz CT molecular complexity index is 2520. The summed E-state index contributed by atoms with van der Waals surface area (Å²) in [6.45, 7) is 0.754. The number of pyridine rings is 2. The molecule has 0 bridgehead atoms. The third-order valence-electron chi connectivity index (χ3n) is 8.45. The first-order chi connectivity index (χ1) is 23.3. The van der Waals surface area contributed by atoms with E-state index in [9.17, 15) is 0 Å². The Morgan fingerprint density at radius 2 is 1.19 bits per heavy atom. The number of nitrogens with one attached hydrogen (secondary N) is 1. The second kappa shape index (κ2) is 11.2. The van der Waals surface area contributed by atoms with Crippen molar-refractivity contribution in [2.45, 2.75) is 0 Å². The molecule has 4 aromatic carbocycles. The highest BCUT2D eigenvalue weighted by Gasteiger charge is 2.15. The van der Waals surface area contributed by atoms with Crippen molar-refractivity contribution >= 4 is 34.0 Å². The molecule has 0 aliphatic carbocycles. The van der Waals surface area contributed by atoms with E-state index in [1.807, 2.05) is 91.3 Å². The van der Waals surface area contributed by atoms with Gasteiger partial charge in [0, 0.05) is 51.6 Å². The average Bonchev–Trinajstić information content (AvgIpc) is 3.53. The van der Waals surface area contributed by atoms with Crippen molar-refractivity contribution in [3.05, 3.63) is 138 Å². The van der Waals surface area contributed by atoms with E-state index in [4.69, 9.17) is 24.4 Å². The smallest absolute Gasteiger partial charge is 0.164 e. The molecule has 47 heavy (non-hydrogen) atoms. The van der Waals surface area contributed by atoms with Gasteiger partial charge in [-0.05, 0) is 40.8 Å². The first-order valence-electron chi connectivity index (χ1n) is 15.5. The summed E-state index contributed by atoms with van der Waals surface area (Å²) in [5, 5.41) is 7.46. The fourth-order valence-corrected chi connectivity index (χ4v) is 6.12. The molecule has 7 heteroatoms. The van der Waals surface area contributed by atoms with Gasteiger partial charge < -0.3 is 9.73 Å². The average molecular weight is 607 g/mol. The maximum atomic E-state index is 5.99. The molecule has 0 fully saturated rings. The van der Waals surface area contributed by atoms with Crippen molar-refractivity contribution in [2.24, 2.45) is 0 Å². The van der Waals surface area contributed by atoms with Gasteiger partial charge in [0.1, 0.15) is 5.42 Å². The molecule has 0 saturated carbocycles. The molecule has 8 aromatic rings. The van der Waals surface area contributed by atoms with Gasteiger partial charge in [-0.25, -0.2) is 15.0 Å². The lowest BCUT2D eigenvalue weighted by Crippen LogP contribution is -2.29. The number of nitrogens with zero attached hydrogens (tertiary/aromatic N) is 5. The number of hydrogen-bond acceptors (Lipinski definition) is 7. The lowest BCUT2D eigenvalue weighted by Gasteiger charge is -2.11. The number of fused-ring (bicyclic) bond motifs is 4. The Labute approximate surface area is 269 Å². The zero-order valence-corrected chi connectivity index (χ0v) is 25.1. The normalized spacial score (nSPS) is 12.3. The highest BCUT2D eigenvalue weighted by molar-refractivity contribution is 5.98. The molecule has 1 N–H and O–H groups in total. The van der Waals surface area contributed by atoms with E-state index < -0.39 is 0 Å². The lowest BCUT2D eigenvalue weighted by molar-refractivity contribution is 0.570. The van der Waals surface area contributed by atoms with Crippen LogP contribution in [-0.4, -0.2) is 31.5 Å². The van der Waals surface area contributed by atoms with Crippen LogP contribution >= 0.6 is 0 Å². The van der Waals surface area contributed by atoms with Crippen LogP contribution in [0.5, 0.6) is 0 Å². The number of hydrogen-bond donors (Lipinski definition) is 1. The van der Waals surface area contributed by atoms with Gasteiger partial charge in [0.15, 0.2) is 23.1 Å². The molecule has 7 nitrogen and oxygen atoms in total. The SMILES string of the molecule is C1=c2oc3cnc(-c4cc5cccc(-c6cccc(-c7nc(-c8ccccc8)nc(-c8ccccc8)n7)c6)c5cn4)cc3c2=CNC1. The third-order valence-corrected chi connectivity index (χ3v) is 8.45. The van der Waals surface area contributed by atoms with Crippen LogP contribution in [0.15, 0.2) is 132 Å². The molecule has 0 spiro atoms. The summed E-state index contributed by atoms with van der Waals surface area (Å²) in [7, 11) is 0. The molecular weight excluding hydrogens is 580 g/mol. The van der Waals surface area contributed by atoms with E-state index in [0.717, 1.165) is 78.1 Å². The quantitative estimate of drug-likeness (QED) is 0.225. The Hall–Kier alpha value is -6.47. The molecule has 0 saturated heterocycles. The van der Waals surface area contributed by atoms with Gasteiger partial charge >= 0.3 is 0 Å². The third kappa shape index (κ3) is 4.91. The molecule has 222 valence electrons. The Kier molecular flexibility index (Phi) is 6.38. The van der Waals surface area contributed by atoms with Gasteiger partial charge in [0.05, 0.1) is 17.6 Å². The maximum absolute atomic E-state index is 5.99. The van der Waals surface area contributed by atoms with Crippen LogP contribution in [-0.2, 0) is 0 Å². The molecule has 1 aliphatic heterocycles. The van der Waals surface area contributed by atoms with Crippen LogP contribution in [0.2, 0.25) is 0 Å². The second-order valence-corrected chi connectivity index (χ2v) is 11.4. The van der Waals surface area contributed by atoms with E-state index in [-0.39, 0.29) is 0 Å². The highest BCUT2D eigenvalue weighted by atomic mass is 16.3. The van der Waals surface area contributed by atoms with Crippen molar-refractivity contribution in [1.29, 1.82) is 0 Å². The van der Waals surface area contributed by atoms with E-state index in [2.05, 4.69) is 52.8 Å². The monoisotopic (exact) mass is 606 g/mol. The molecule has 0 radical (unpaired) electrons. The van der Waals surface area contributed by atoms with E-state index in [0.29, 0.717) is 17.5 Å². The Balaban J connectivity index is 1.12. The topological polar surface area (TPSA) is 89.6 Å². The van der Waals surface area contributed by atoms with Gasteiger partial charge in [0.25, 0.3) is 0 Å². The van der Waals surface area contributed by atoms with Crippen LogP contribution in [0.3, 0.4) is 0 Å². The van der Waals surface area contributed by atoms with Crippen molar-refractivity contribution in [3.8, 4) is 56.7 Å². The minimum atomic E-state index is 0.619. The molecule has 1 aliphatic rings. The summed E-state index contributed by atoms with van der Waals surface area (Å²) >= 11 is 0. The number of benzene rings is 4. The van der Waals surface area contributed by atoms with Crippen molar-refractivity contribution in [3.63, 3.8) is 0 Å². The van der Waals surface area contributed by atoms with Gasteiger partial charge in [-0.1, -0.05) is 97.1 Å². The standard InChI is InChI=1S/C40H26N6O/c1-3-9-25(10-4-1)38-44-39(26-11-5-2-6-12-26)46-40(45-38)29-15-7-13-27(19-29)30-16-8-14-28-20-34(42-23-32(28)30)35-21-31-33-22-41-18-17-36(33)47-37(31)24-43-35/h1-17,19-24,41H,18H2. The van der Waals surface area contributed by atoms with Gasteiger partial charge in [-0.3, -0.25) is 9.97 Å². The number of furan rings is 1. The van der Waals surface area contributed by atoms with E-state index in [1.165, 1.54) is 0 Å². The van der Waals surface area contributed by atoms with Crippen LogP contribution in [0, 0.1) is 0 Å². The fourth-order valence-electron chi connectivity index (χ4n) is 6.12. The van der Waals surface area contributed by atoms with Crippen molar-refractivity contribution < 1.29 is 4.42 Å². The zero-order chi connectivity index (χ0) is 31.2. The van der Waals surface area contributed by atoms with Crippen LogP contribution in [0.4, 0.5) is 0 Å². The number of rotatable bonds is 5. The van der Waals surface area contributed by atoms with Gasteiger partial charge in [0.2, 0.25) is 0 Å². The molecule has 0 unspecified atom stereocenters. The van der Waals surface area contributed by atoms with Crippen molar-refractivity contribution in [2.75, 3.05) is 6.54 Å². The molecular formula is C40H26N6O. The summed E-state index contributed by atoms with van der Waals surface area (Å²) in [5.41, 5.74) is 8.16. The molecule has 4 aromatic heterocycles. The summed E-state index contributed by atoms with van der Waals surface area (Å²) in [6.07, 6.45) is 7.77. The molecule has 5 heterocycles. The van der Waals surface area contributed by atoms with Gasteiger partial charge in [-0.2, -0.15) is 0 Å². The predicted molar refractivity (Wildman–Crippen MR) is 186 cm³/mol.